The minimum Gasteiger partial charge on any atom is -0.306 e. The van der Waals surface area contributed by atoms with Crippen LogP contribution in [0.25, 0.3) is 0 Å². The minimum absolute atomic E-state index is 0.123. The molecule has 2 aliphatic rings. The summed E-state index contributed by atoms with van der Waals surface area (Å²) in [5.74, 6) is -0.830. The molecule has 4 amide bonds. The van der Waals surface area contributed by atoms with Gasteiger partial charge in [0.05, 0.1) is 10.7 Å². The van der Waals surface area contributed by atoms with E-state index in [-0.39, 0.29) is 12.5 Å². The predicted molar refractivity (Wildman–Crippen MR) is 86.1 cm³/mol. The molecule has 0 radical (unpaired) electrons. The molecular weight excluding hydrogens is 318 g/mol. The van der Waals surface area contributed by atoms with E-state index in [4.69, 9.17) is 11.6 Å². The number of amides is 4. The van der Waals surface area contributed by atoms with Crippen LogP contribution in [-0.4, -0.2) is 34.8 Å². The van der Waals surface area contributed by atoms with Crippen molar-refractivity contribution in [2.75, 3.05) is 11.9 Å². The first-order valence-corrected chi connectivity index (χ1v) is 8.08. The Morgan fingerprint density at radius 1 is 1.17 bits per heavy atom. The molecule has 7 heteroatoms. The van der Waals surface area contributed by atoms with E-state index in [0.717, 1.165) is 19.3 Å². The molecule has 1 saturated carbocycles. The third-order valence-corrected chi connectivity index (χ3v) is 4.86. The Bertz CT molecular complexity index is 656. The summed E-state index contributed by atoms with van der Waals surface area (Å²) in [6.45, 7) is -0.123. The van der Waals surface area contributed by atoms with Crippen LogP contribution in [-0.2, 0) is 9.59 Å². The fraction of sp³-hybridized carbons (Fsp3) is 0.438. The van der Waals surface area contributed by atoms with E-state index in [0.29, 0.717) is 23.6 Å². The van der Waals surface area contributed by atoms with E-state index in [1.807, 2.05) is 0 Å². The van der Waals surface area contributed by atoms with Crippen LogP contribution in [0.1, 0.15) is 32.1 Å². The van der Waals surface area contributed by atoms with Crippen LogP contribution < -0.4 is 10.6 Å². The molecule has 6 nitrogen and oxygen atoms in total. The van der Waals surface area contributed by atoms with E-state index >= 15 is 0 Å². The summed E-state index contributed by atoms with van der Waals surface area (Å²) in [5, 5.41) is 5.50. The van der Waals surface area contributed by atoms with Crippen molar-refractivity contribution in [3.8, 4) is 0 Å². The van der Waals surface area contributed by atoms with Gasteiger partial charge in [0.1, 0.15) is 12.1 Å². The summed E-state index contributed by atoms with van der Waals surface area (Å²) in [6.07, 6.45) is 3.89. The number of hydrogen-bond acceptors (Lipinski definition) is 3. The number of anilines is 1. The molecule has 122 valence electrons. The summed E-state index contributed by atoms with van der Waals surface area (Å²) in [7, 11) is 0. The van der Waals surface area contributed by atoms with Gasteiger partial charge < -0.3 is 10.2 Å². The van der Waals surface area contributed by atoms with Crippen LogP contribution in [0.5, 0.6) is 0 Å². The SMILES string of the molecule is O=C1CN(C(=O)Nc2ccccc2Cl)C2(CCCCC2)C(=O)N1. The summed E-state index contributed by atoms with van der Waals surface area (Å²) in [4.78, 5) is 38.3. The fourth-order valence-electron chi connectivity index (χ4n) is 3.35. The van der Waals surface area contributed by atoms with E-state index in [2.05, 4.69) is 10.6 Å². The highest BCUT2D eigenvalue weighted by Crippen LogP contribution is 2.36. The summed E-state index contributed by atoms with van der Waals surface area (Å²) >= 11 is 6.06. The second-order valence-corrected chi connectivity index (χ2v) is 6.37. The number of para-hydroxylation sites is 1. The first kappa shape index (κ1) is 15.8. The van der Waals surface area contributed by atoms with Gasteiger partial charge in [-0.3, -0.25) is 14.9 Å². The number of hydrogen-bond donors (Lipinski definition) is 2. The van der Waals surface area contributed by atoms with Gasteiger partial charge in [-0.05, 0) is 25.0 Å². The minimum atomic E-state index is -0.933. The molecule has 1 aromatic rings. The number of imide groups is 1. The molecule has 3 rings (SSSR count). The lowest BCUT2D eigenvalue weighted by atomic mass is 9.78. The maximum atomic E-state index is 12.7. The molecule has 2 fully saturated rings. The van der Waals surface area contributed by atoms with Crippen LogP contribution in [0.3, 0.4) is 0 Å². The van der Waals surface area contributed by atoms with Crippen molar-refractivity contribution in [3.63, 3.8) is 0 Å². The number of carbonyl (C=O) groups excluding carboxylic acids is 3. The van der Waals surface area contributed by atoms with Crippen molar-refractivity contribution < 1.29 is 14.4 Å². The molecule has 2 N–H and O–H groups in total. The number of nitrogens with one attached hydrogen (secondary N) is 2. The van der Waals surface area contributed by atoms with E-state index in [1.54, 1.807) is 24.3 Å². The highest BCUT2D eigenvalue weighted by atomic mass is 35.5. The number of nitrogens with zero attached hydrogens (tertiary/aromatic N) is 1. The van der Waals surface area contributed by atoms with Crippen molar-refractivity contribution in [1.29, 1.82) is 0 Å². The van der Waals surface area contributed by atoms with Crippen molar-refractivity contribution in [1.82, 2.24) is 10.2 Å². The standard InChI is InChI=1S/C16H18ClN3O3/c17-11-6-2-3-7-12(11)18-15(23)20-10-13(21)19-14(22)16(20)8-4-1-5-9-16/h2-3,6-7H,1,4-5,8-10H2,(H,18,23)(H,19,21,22). The third kappa shape index (κ3) is 2.91. The zero-order valence-corrected chi connectivity index (χ0v) is 13.4. The Kier molecular flexibility index (Phi) is 4.26. The van der Waals surface area contributed by atoms with Gasteiger partial charge in [-0.2, -0.15) is 0 Å². The van der Waals surface area contributed by atoms with Gasteiger partial charge in [-0.25, -0.2) is 4.79 Å². The monoisotopic (exact) mass is 335 g/mol. The number of halogens is 1. The van der Waals surface area contributed by atoms with Gasteiger partial charge in [-0.1, -0.05) is 43.0 Å². The van der Waals surface area contributed by atoms with Gasteiger partial charge in [0.15, 0.2) is 0 Å². The maximum absolute atomic E-state index is 12.7. The van der Waals surface area contributed by atoms with E-state index in [9.17, 15) is 14.4 Å². The number of rotatable bonds is 1. The molecule has 1 aliphatic carbocycles. The van der Waals surface area contributed by atoms with Crippen LogP contribution in [0, 0.1) is 0 Å². The molecule has 1 aromatic carbocycles. The van der Waals surface area contributed by atoms with Crippen LogP contribution in [0.2, 0.25) is 5.02 Å². The highest BCUT2D eigenvalue weighted by molar-refractivity contribution is 6.33. The van der Waals surface area contributed by atoms with Gasteiger partial charge in [0.2, 0.25) is 5.91 Å². The summed E-state index contributed by atoms with van der Waals surface area (Å²) in [6, 6.07) is 6.40. The average molecular weight is 336 g/mol. The van der Waals surface area contributed by atoms with Crippen molar-refractivity contribution >= 4 is 35.1 Å². The Balaban J connectivity index is 1.87. The Hall–Kier alpha value is -2.08. The average Bonchev–Trinajstić information content (AvgIpc) is 2.54. The predicted octanol–water partition coefficient (Wildman–Crippen LogP) is 2.53. The first-order chi connectivity index (χ1) is 11.0. The number of piperazine rings is 1. The van der Waals surface area contributed by atoms with Gasteiger partial charge in [0.25, 0.3) is 5.91 Å². The molecule has 1 spiro atoms. The highest BCUT2D eigenvalue weighted by Gasteiger charge is 2.51. The smallest absolute Gasteiger partial charge is 0.306 e. The van der Waals surface area contributed by atoms with Gasteiger partial charge in [0, 0.05) is 0 Å². The van der Waals surface area contributed by atoms with Crippen molar-refractivity contribution in [3.05, 3.63) is 29.3 Å². The zero-order chi connectivity index (χ0) is 16.4. The van der Waals surface area contributed by atoms with Crippen molar-refractivity contribution in [2.24, 2.45) is 0 Å². The molecule has 1 saturated heterocycles. The molecule has 0 bridgehead atoms. The second-order valence-electron chi connectivity index (χ2n) is 5.97. The normalized spacial score (nSPS) is 20.3. The third-order valence-electron chi connectivity index (χ3n) is 4.54. The lowest BCUT2D eigenvalue weighted by molar-refractivity contribution is -0.146. The molecular formula is C16H18ClN3O3. The Morgan fingerprint density at radius 2 is 1.87 bits per heavy atom. The van der Waals surface area contributed by atoms with Crippen LogP contribution >= 0.6 is 11.6 Å². The van der Waals surface area contributed by atoms with Gasteiger partial charge >= 0.3 is 6.03 Å². The second kappa shape index (κ2) is 6.20. The zero-order valence-electron chi connectivity index (χ0n) is 12.6. The lowest BCUT2D eigenvalue weighted by Gasteiger charge is -2.46. The number of carbonyl (C=O) groups is 3. The fourth-order valence-corrected chi connectivity index (χ4v) is 3.53. The Labute approximate surface area is 139 Å². The lowest BCUT2D eigenvalue weighted by Crippen LogP contribution is -2.69. The Morgan fingerprint density at radius 3 is 2.57 bits per heavy atom. The number of urea groups is 1. The molecule has 0 aromatic heterocycles. The molecule has 0 unspecified atom stereocenters. The molecule has 23 heavy (non-hydrogen) atoms. The van der Waals surface area contributed by atoms with Crippen LogP contribution in [0.15, 0.2) is 24.3 Å². The van der Waals surface area contributed by atoms with E-state index in [1.165, 1.54) is 4.90 Å². The number of benzene rings is 1. The quantitative estimate of drug-likeness (QED) is 0.774. The van der Waals surface area contributed by atoms with Crippen LogP contribution in [0.4, 0.5) is 10.5 Å². The van der Waals surface area contributed by atoms with E-state index < -0.39 is 17.5 Å². The molecule has 0 atom stereocenters. The molecule has 1 heterocycles. The summed E-state index contributed by atoms with van der Waals surface area (Å²) in [5.41, 5.74) is -0.471. The maximum Gasteiger partial charge on any atom is 0.323 e. The molecule has 1 aliphatic heterocycles. The largest absolute Gasteiger partial charge is 0.323 e. The topological polar surface area (TPSA) is 78.5 Å². The van der Waals surface area contributed by atoms with Gasteiger partial charge in [-0.15, -0.1) is 0 Å². The first-order valence-electron chi connectivity index (χ1n) is 7.70. The van der Waals surface area contributed by atoms with Crippen molar-refractivity contribution in [2.45, 2.75) is 37.6 Å². The summed E-state index contributed by atoms with van der Waals surface area (Å²) < 4.78 is 0.